The summed E-state index contributed by atoms with van der Waals surface area (Å²) in [6.07, 6.45) is 14.1. The number of carboxylic acid groups (broad SMARTS) is 1. The molecule has 2 aromatic rings. The Morgan fingerprint density at radius 3 is 2.02 bits per heavy atom. The molecule has 2 rings (SSSR count). The maximum absolute atomic E-state index is 10.5. The van der Waals surface area contributed by atoms with Crippen LogP contribution in [0.4, 0.5) is 0 Å². The van der Waals surface area contributed by atoms with Gasteiger partial charge in [0.1, 0.15) is 12.0 Å². The van der Waals surface area contributed by atoms with Gasteiger partial charge < -0.3 is 34.5 Å². The van der Waals surface area contributed by atoms with Gasteiger partial charge in [-0.2, -0.15) is 0 Å². The van der Waals surface area contributed by atoms with Gasteiger partial charge in [0.25, 0.3) is 0 Å². The molecule has 0 fully saturated rings. The Hall–Kier alpha value is -2.35. The van der Waals surface area contributed by atoms with Crippen LogP contribution in [0.25, 0.3) is 0 Å². The number of benzene rings is 2. The van der Waals surface area contributed by atoms with Crippen molar-refractivity contribution < 1.29 is 39.3 Å². The zero-order valence-electron chi connectivity index (χ0n) is 25.0. The molecular weight excluding hydrogens is 543 g/mol. The summed E-state index contributed by atoms with van der Waals surface area (Å²) in [7, 11) is 3.08. The molecule has 0 amide bonds. The second-order valence-electron chi connectivity index (χ2n) is 9.27. The molecule has 0 aliphatic rings. The van der Waals surface area contributed by atoms with Crippen LogP contribution in [0.2, 0.25) is 0 Å². The summed E-state index contributed by atoms with van der Waals surface area (Å²) >= 11 is 0. The first-order valence-corrected chi connectivity index (χ1v) is 14.9. The van der Waals surface area contributed by atoms with Gasteiger partial charge in [-0.3, -0.25) is 4.79 Å². The first-order valence-electron chi connectivity index (χ1n) is 14.4. The van der Waals surface area contributed by atoms with Crippen molar-refractivity contribution in [1.82, 2.24) is 0 Å². The molecule has 234 valence electrons. The van der Waals surface area contributed by atoms with Crippen LogP contribution < -0.4 is 4.74 Å². The van der Waals surface area contributed by atoms with Crippen molar-refractivity contribution in [1.29, 1.82) is 0 Å². The fraction of sp³-hybridized carbons (Fsp3) is 0.562. The Bertz CT molecular complexity index is 863. The number of hydrogen-bond acceptors (Lipinski definition) is 7. The van der Waals surface area contributed by atoms with E-state index in [9.17, 15) is 9.59 Å². The summed E-state index contributed by atoms with van der Waals surface area (Å²) in [6, 6.07) is 15.8. The molecule has 1 unspecified atom stereocenters. The standard InChI is InChI=1S/C20H32O2.C9H12O2.C3H6O3.H3OP/c1-2-3-4-5-6-7-8-9-12-18-22-20-16-11-10-14-19(20)15-13-17-21;1-11-7-9-4-2-3-8(5-9)6-10;4-2-1-3(5)6;1-2/h10-11,14,16-17H,2-9,12-13,15,18H2,1H3;2-5,10H,6-7H2,1H3;4H,1-2H2,(H,5,6);1H,2H2. The minimum atomic E-state index is -0.961. The highest BCUT2D eigenvalue weighted by Crippen LogP contribution is 2.20. The predicted octanol–water partition coefficient (Wildman–Crippen LogP) is 6.28. The molecule has 0 aliphatic heterocycles. The van der Waals surface area contributed by atoms with E-state index in [4.69, 9.17) is 29.7 Å². The molecule has 0 bridgehead atoms. The Morgan fingerprint density at radius 1 is 0.878 bits per heavy atom. The summed E-state index contributed by atoms with van der Waals surface area (Å²) in [5.41, 5.74) is 3.17. The molecule has 0 heterocycles. The highest BCUT2D eigenvalue weighted by Gasteiger charge is 2.02. The van der Waals surface area contributed by atoms with E-state index in [1.165, 1.54) is 60.8 Å². The second kappa shape index (κ2) is 32.2. The number of aldehydes is 1. The maximum atomic E-state index is 10.5. The van der Waals surface area contributed by atoms with Crippen LogP contribution in [0.3, 0.4) is 0 Å². The summed E-state index contributed by atoms with van der Waals surface area (Å²) in [4.78, 5) is 26.8. The van der Waals surface area contributed by atoms with E-state index in [1.54, 1.807) is 7.11 Å². The number of methoxy groups -OCH3 is 1. The number of ether oxygens (including phenoxy) is 2. The number of carboxylic acids is 1. The van der Waals surface area contributed by atoms with Crippen molar-refractivity contribution in [3.63, 3.8) is 0 Å². The van der Waals surface area contributed by atoms with Crippen LogP contribution >= 0.6 is 9.47 Å². The van der Waals surface area contributed by atoms with E-state index in [1.807, 2.05) is 42.5 Å². The number of aliphatic carboxylic acids is 1. The van der Waals surface area contributed by atoms with Gasteiger partial charge in [0.05, 0.1) is 32.8 Å². The average molecular weight is 597 g/mol. The first-order chi connectivity index (χ1) is 20.0. The lowest BCUT2D eigenvalue weighted by Gasteiger charge is -2.10. The second-order valence-corrected chi connectivity index (χ2v) is 9.27. The minimum Gasteiger partial charge on any atom is -0.493 e. The summed E-state index contributed by atoms with van der Waals surface area (Å²) in [5.74, 6) is -0.0126. The smallest absolute Gasteiger partial charge is 0.305 e. The lowest BCUT2D eigenvalue weighted by Crippen LogP contribution is -2.00. The normalized spacial score (nSPS) is 9.71. The van der Waals surface area contributed by atoms with E-state index >= 15 is 0 Å². The molecule has 1 atom stereocenters. The van der Waals surface area contributed by atoms with E-state index < -0.39 is 5.97 Å². The van der Waals surface area contributed by atoms with E-state index in [2.05, 4.69) is 13.0 Å². The number of rotatable bonds is 19. The third-order valence-corrected chi connectivity index (χ3v) is 5.82. The van der Waals surface area contributed by atoms with Crippen molar-refractivity contribution in [2.24, 2.45) is 0 Å². The fourth-order valence-corrected chi connectivity index (χ4v) is 3.74. The van der Waals surface area contributed by atoms with Crippen LogP contribution in [0.5, 0.6) is 5.75 Å². The number of carbonyl (C=O) groups excluding carboxylic acids is 1. The Kier molecular flexibility index (Phi) is 32.0. The number of aryl methyl sites for hydroxylation is 1. The highest BCUT2D eigenvalue weighted by atomic mass is 31.0. The molecule has 2 aromatic carbocycles. The van der Waals surface area contributed by atoms with Gasteiger partial charge in [0.2, 0.25) is 0 Å². The number of hydrogen-bond donors (Lipinski definition) is 4. The Balaban J connectivity index is 0. The molecule has 8 nitrogen and oxygen atoms in total. The number of unbranched alkanes of at least 4 members (excludes halogenated alkanes) is 8. The number of aliphatic hydroxyl groups is 2. The van der Waals surface area contributed by atoms with E-state index in [0.717, 1.165) is 48.2 Å². The van der Waals surface area contributed by atoms with Crippen molar-refractivity contribution in [3.8, 4) is 5.75 Å². The van der Waals surface area contributed by atoms with E-state index in [-0.39, 0.29) is 19.6 Å². The summed E-state index contributed by atoms with van der Waals surface area (Å²) < 4.78 is 10.8. The SMILES string of the molecule is CCCCCCCCCCCOc1ccccc1CCC=O.COCc1cccc(CO)c1.O=C(O)CCO.OP. The Labute approximate surface area is 249 Å². The third-order valence-electron chi connectivity index (χ3n) is 5.82. The van der Waals surface area contributed by atoms with Crippen molar-refractivity contribution in [3.05, 3.63) is 65.2 Å². The molecule has 0 saturated carbocycles. The largest absolute Gasteiger partial charge is 0.493 e. The molecule has 0 saturated heterocycles. The molecule has 0 spiro atoms. The number of aliphatic hydroxyl groups excluding tert-OH is 2. The topological polar surface area (TPSA) is 134 Å². The van der Waals surface area contributed by atoms with Crippen molar-refractivity contribution in [2.45, 2.75) is 97.2 Å². The lowest BCUT2D eigenvalue weighted by atomic mass is 10.1. The molecule has 41 heavy (non-hydrogen) atoms. The molecule has 0 aromatic heterocycles. The van der Waals surface area contributed by atoms with Gasteiger partial charge in [-0.1, -0.05) is 101 Å². The molecule has 0 aliphatic carbocycles. The van der Waals surface area contributed by atoms with Crippen LogP contribution in [0.1, 0.15) is 94.2 Å². The van der Waals surface area contributed by atoms with Gasteiger partial charge in [-0.15, -0.1) is 0 Å². The molecule has 4 N–H and O–H groups in total. The molecule has 9 heteroatoms. The van der Waals surface area contributed by atoms with Gasteiger partial charge >= 0.3 is 5.97 Å². The van der Waals surface area contributed by atoms with Crippen LogP contribution in [0.15, 0.2) is 48.5 Å². The zero-order chi connectivity index (χ0) is 31.0. The highest BCUT2D eigenvalue weighted by molar-refractivity contribution is 7.08. The van der Waals surface area contributed by atoms with Crippen LogP contribution in [-0.2, 0) is 34.0 Å². The van der Waals surface area contributed by atoms with Crippen LogP contribution in [0, 0.1) is 0 Å². The predicted molar refractivity (Wildman–Crippen MR) is 168 cm³/mol. The monoisotopic (exact) mass is 596 g/mol. The van der Waals surface area contributed by atoms with E-state index in [0.29, 0.717) is 13.0 Å². The minimum absolute atomic E-state index is 0.0948. The molecule has 0 radical (unpaired) electrons. The van der Waals surface area contributed by atoms with Gasteiger partial charge in [0, 0.05) is 13.5 Å². The number of carbonyl (C=O) groups is 2. The van der Waals surface area contributed by atoms with Gasteiger partial charge in [0.15, 0.2) is 0 Å². The zero-order valence-corrected chi connectivity index (χ0v) is 26.2. The van der Waals surface area contributed by atoms with Crippen molar-refractivity contribution in [2.75, 3.05) is 20.3 Å². The van der Waals surface area contributed by atoms with Gasteiger partial charge in [-0.25, -0.2) is 0 Å². The maximum Gasteiger partial charge on any atom is 0.305 e. The summed E-state index contributed by atoms with van der Waals surface area (Å²) in [5, 5.41) is 24.4. The Morgan fingerprint density at radius 2 is 1.49 bits per heavy atom. The fourth-order valence-electron chi connectivity index (χ4n) is 3.74. The molecular formula is C32H53O8P. The van der Waals surface area contributed by atoms with Crippen LogP contribution in [-0.4, -0.2) is 52.8 Å². The third kappa shape index (κ3) is 26.3. The van der Waals surface area contributed by atoms with Gasteiger partial charge in [-0.05, 0) is 45.1 Å². The average Bonchev–Trinajstić information content (AvgIpc) is 2.99. The first kappa shape index (κ1) is 40.8. The summed E-state index contributed by atoms with van der Waals surface area (Å²) in [6.45, 7) is 3.48. The quantitative estimate of drug-likeness (QED) is 0.0847. The number of para-hydroxylation sites is 1. The lowest BCUT2D eigenvalue weighted by molar-refractivity contribution is -0.137. The van der Waals surface area contributed by atoms with Crippen molar-refractivity contribution >= 4 is 21.7 Å².